The molecule has 0 radical (unpaired) electrons. The van der Waals surface area contributed by atoms with Gasteiger partial charge in [0.1, 0.15) is 0 Å². The van der Waals surface area contributed by atoms with Gasteiger partial charge < -0.3 is 4.90 Å². The van der Waals surface area contributed by atoms with Gasteiger partial charge in [-0.2, -0.15) is 0 Å². The maximum Gasteiger partial charge on any atom is 0.261 e. The molecule has 3 rings (SSSR count). The van der Waals surface area contributed by atoms with Gasteiger partial charge in [-0.25, -0.2) is 0 Å². The van der Waals surface area contributed by atoms with Gasteiger partial charge in [-0.15, -0.1) is 11.8 Å². The number of carbonyl (C=O) groups excluding carboxylic acids is 3. The molecule has 0 aromatic heterocycles. The van der Waals surface area contributed by atoms with Gasteiger partial charge in [0, 0.05) is 30.6 Å². The Bertz CT molecular complexity index is 908. The molecule has 1 heterocycles. The average molecular weight is 397 g/mol. The minimum atomic E-state index is -0.307. The Morgan fingerprint density at radius 1 is 1.04 bits per heavy atom. The number of rotatable bonds is 7. The van der Waals surface area contributed by atoms with E-state index >= 15 is 0 Å². The molecule has 0 N–H and O–H groups in total. The van der Waals surface area contributed by atoms with Gasteiger partial charge >= 0.3 is 0 Å². The monoisotopic (exact) mass is 396 g/mol. The van der Waals surface area contributed by atoms with Crippen LogP contribution in [0.4, 0.5) is 0 Å². The highest BCUT2D eigenvalue weighted by Gasteiger charge is 2.35. The number of carbonyl (C=O) groups is 3. The zero-order valence-corrected chi connectivity index (χ0v) is 17.2. The third-order valence-electron chi connectivity index (χ3n) is 4.88. The molecule has 0 saturated heterocycles. The molecule has 28 heavy (non-hydrogen) atoms. The fourth-order valence-electron chi connectivity index (χ4n) is 3.24. The highest BCUT2D eigenvalue weighted by molar-refractivity contribution is 7.98. The van der Waals surface area contributed by atoms with Gasteiger partial charge in [-0.05, 0) is 48.6 Å². The summed E-state index contributed by atoms with van der Waals surface area (Å²) < 4.78 is 0. The summed E-state index contributed by atoms with van der Waals surface area (Å²) in [5, 5.41) is 0. The van der Waals surface area contributed by atoms with E-state index in [9.17, 15) is 14.4 Å². The molecule has 0 atom stereocenters. The minimum absolute atomic E-state index is 0.177. The van der Waals surface area contributed by atoms with Crippen LogP contribution in [0.15, 0.2) is 47.4 Å². The fraction of sp³-hybridized carbons (Fsp3) is 0.318. The Morgan fingerprint density at radius 2 is 1.71 bits per heavy atom. The fourth-order valence-corrected chi connectivity index (χ4v) is 3.65. The highest BCUT2D eigenvalue weighted by atomic mass is 32.2. The molecule has 2 aromatic carbocycles. The first-order valence-corrected chi connectivity index (χ1v) is 10.6. The van der Waals surface area contributed by atoms with Crippen LogP contribution in [0.3, 0.4) is 0 Å². The van der Waals surface area contributed by atoms with E-state index in [2.05, 4.69) is 0 Å². The van der Waals surface area contributed by atoms with Crippen molar-refractivity contribution in [2.45, 2.75) is 31.2 Å². The molecule has 1 aliphatic heterocycles. The van der Waals surface area contributed by atoms with Gasteiger partial charge in [-0.1, -0.05) is 25.5 Å². The first-order valence-electron chi connectivity index (χ1n) is 9.35. The second-order valence-electron chi connectivity index (χ2n) is 6.89. The van der Waals surface area contributed by atoms with E-state index in [1.165, 1.54) is 9.80 Å². The van der Waals surface area contributed by atoms with Crippen LogP contribution < -0.4 is 0 Å². The van der Waals surface area contributed by atoms with Crippen LogP contribution in [0.2, 0.25) is 0 Å². The number of amides is 3. The van der Waals surface area contributed by atoms with E-state index in [4.69, 9.17) is 0 Å². The first-order chi connectivity index (χ1) is 13.5. The van der Waals surface area contributed by atoms with Crippen LogP contribution in [0.25, 0.3) is 0 Å². The topological polar surface area (TPSA) is 57.7 Å². The van der Waals surface area contributed by atoms with Gasteiger partial charge in [0.05, 0.1) is 11.1 Å². The Hall–Kier alpha value is -2.60. The molecule has 1 aliphatic rings. The zero-order chi connectivity index (χ0) is 20.3. The van der Waals surface area contributed by atoms with Crippen LogP contribution in [0, 0.1) is 0 Å². The number of thioether (sulfide) groups is 1. The largest absolute Gasteiger partial charge is 0.337 e. The van der Waals surface area contributed by atoms with E-state index in [0.29, 0.717) is 29.8 Å². The normalized spacial score (nSPS) is 13.0. The maximum atomic E-state index is 12.8. The minimum Gasteiger partial charge on any atom is -0.337 e. The second kappa shape index (κ2) is 8.61. The molecule has 6 heteroatoms. The number of unbranched alkanes of at least 4 members (excludes halogenated alkanes) is 1. The van der Waals surface area contributed by atoms with Crippen LogP contribution in [0.1, 0.15) is 56.4 Å². The van der Waals surface area contributed by atoms with E-state index < -0.39 is 0 Å². The number of fused-ring (bicyclic) bond motifs is 1. The molecular weight excluding hydrogens is 372 g/mol. The van der Waals surface area contributed by atoms with Crippen molar-refractivity contribution in [1.29, 1.82) is 0 Å². The molecule has 0 saturated carbocycles. The predicted molar refractivity (Wildman–Crippen MR) is 111 cm³/mol. The Labute approximate surface area is 169 Å². The van der Waals surface area contributed by atoms with Crippen LogP contribution in [-0.2, 0) is 6.54 Å². The van der Waals surface area contributed by atoms with Gasteiger partial charge in [0.15, 0.2) is 0 Å². The lowest BCUT2D eigenvalue weighted by Gasteiger charge is -2.18. The number of hydrogen-bond donors (Lipinski definition) is 0. The summed E-state index contributed by atoms with van der Waals surface area (Å²) in [5.41, 5.74) is 2.16. The predicted octanol–water partition coefficient (Wildman–Crippen LogP) is 4.08. The highest BCUT2D eigenvalue weighted by Crippen LogP contribution is 2.25. The molecule has 0 spiro atoms. The van der Waals surface area contributed by atoms with Crippen molar-refractivity contribution >= 4 is 29.5 Å². The molecule has 3 amide bonds. The smallest absolute Gasteiger partial charge is 0.261 e. The van der Waals surface area contributed by atoms with E-state index in [1.807, 2.05) is 37.4 Å². The molecule has 0 unspecified atom stereocenters. The standard InChI is InChI=1S/C22H24N2O3S/c1-4-5-12-24-21(26)18-11-8-16(13-19(18)22(24)27)20(25)23(2)14-15-6-9-17(28-3)10-7-15/h6-11,13H,4-5,12,14H2,1-3H3. The third-order valence-corrected chi connectivity index (χ3v) is 5.62. The summed E-state index contributed by atoms with van der Waals surface area (Å²) in [6.45, 7) is 2.90. The number of imide groups is 1. The van der Waals surface area contributed by atoms with Crippen molar-refractivity contribution in [3.63, 3.8) is 0 Å². The summed E-state index contributed by atoms with van der Waals surface area (Å²) in [7, 11) is 1.73. The number of nitrogens with zero attached hydrogens (tertiary/aromatic N) is 2. The van der Waals surface area contributed by atoms with Crippen molar-refractivity contribution in [3.05, 3.63) is 64.7 Å². The lowest BCUT2D eigenvalue weighted by atomic mass is 10.0. The molecule has 2 aromatic rings. The van der Waals surface area contributed by atoms with Crippen molar-refractivity contribution in [1.82, 2.24) is 9.80 Å². The summed E-state index contributed by atoms with van der Waals surface area (Å²) in [6, 6.07) is 12.8. The zero-order valence-electron chi connectivity index (χ0n) is 16.4. The van der Waals surface area contributed by atoms with Gasteiger partial charge in [-0.3, -0.25) is 19.3 Å². The Kier molecular flexibility index (Phi) is 6.19. The summed E-state index contributed by atoms with van der Waals surface area (Å²) in [5.74, 6) is -0.753. The van der Waals surface area contributed by atoms with Crippen molar-refractivity contribution in [2.24, 2.45) is 0 Å². The Morgan fingerprint density at radius 3 is 2.36 bits per heavy atom. The quantitative estimate of drug-likeness (QED) is 0.523. The van der Waals surface area contributed by atoms with Crippen LogP contribution >= 0.6 is 11.8 Å². The van der Waals surface area contributed by atoms with Crippen LogP contribution in [-0.4, -0.2) is 47.4 Å². The van der Waals surface area contributed by atoms with Gasteiger partial charge in [0.25, 0.3) is 17.7 Å². The summed E-state index contributed by atoms with van der Waals surface area (Å²) in [4.78, 5) is 41.9. The summed E-state index contributed by atoms with van der Waals surface area (Å²) >= 11 is 1.67. The third kappa shape index (κ3) is 3.97. The van der Waals surface area contributed by atoms with Crippen molar-refractivity contribution < 1.29 is 14.4 Å². The SMILES string of the molecule is CCCCN1C(=O)c2ccc(C(=O)N(C)Cc3ccc(SC)cc3)cc2C1=O. The van der Waals surface area contributed by atoms with E-state index in [1.54, 1.807) is 41.9 Å². The second-order valence-corrected chi connectivity index (χ2v) is 7.76. The average Bonchev–Trinajstić information content (AvgIpc) is 2.96. The van der Waals surface area contributed by atoms with E-state index in [0.717, 1.165) is 18.4 Å². The van der Waals surface area contributed by atoms with Crippen molar-refractivity contribution in [2.75, 3.05) is 19.8 Å². The lowest BCUT2D eigenvalue weighted by molar-refractivity contribution is 0.0652. The van der Waals surface area contributed by atoms with Crippen molar-refractivity contribution in [3.8, 4) is 0 Å². The molecule has 5 nitrogen and oxygen atoms in total. The number of benzene rings is 2. The summed E-state index contributed by atoms with van der Waals surface area (Å²) in [6.07, 6.45) is 3.70. The molecule has 0 bridgehead atoms. The van der Waals surface area contributed by atoms with E-state index in [-0.39, 0.29) is 17.7 Å². The first kappa shape index (κ1) is 20.1. The molecular formula is C22H24N2O3S. The molecule has 0 fully saturated rings. The van der Waals surface area contributed by atoms with Gasteiger partial charge in [0.2, 0.25) is 0 Å². The molecule has 0 aliphatic carbocycles. The lowest BCUT2D eigenvalue weighted by Crippen LogP contribution is -2.30. The maximum absolute atomic E-state index is 12.8. The number of hydrogen-bond acceptors (Lipinski definition) is 4. The Balaban J connectivity index is 1.76. The molecule has 146 valence electrons. The van der Waals surface area contributed by atoms with Crippen LogP contribution in [0.5, 0.6) is 0 Å².